The zero-order valence-electron chi connectivity index (χ0n) is 12.2. The summed E-state index contributed by atoms with van der Waals surface area (Å²) < 4.78 is 7.66. The van der Waals surface area contributed by atoms with Crippen LogP contribution in [0.1, 0.15) is 23.7 Å². The van der Waals surface area contributed by atoms with E-state index in [1.807, 2.05) is 11.6 Å². The number of aryl methyl sites for hydroxylation is 1. The molecule has 0 unspecified atom stereocenters. The fourth-order valence-electron chi connectivity index (χ4n) is 2.65. The molecule has 4 rings (SSSR count). The first-order valence-corrected chi connectivity index (χ1v) is 8.18. The van der Waals surface area contributed by atoms with Crippen LogP contribution >= 0.6 is 11.3 Å². The Morgan fingerprint density at radius 1 is 1.41 bits per heavy atom. The Hall–Kier alpha value is -2.06. The van der Waals surface area contributed by atoms with Gasteiger partial charge in [0, 0.05) is 29.9 Å². The number of hydrogen-bond donors (Lipinski definition) is 0. The number of anilines is 1. The van der Waals surface area contributed by atoms with Crippen LogP contribution in [-0.2, 0) is 11.2 Å². The maximum atomic E-state index is 5.87. The zero-order chi connectivity index (χ0) is 14.9. The summed E-state index contributed by atoms with van der Waals surface area (Å²) in [7, 11) is 0. The second-order valence-corrected chi connectivity index (χ2v) is 6.03. The number of thiazole rings is 1. The molecule has 0 spiro atoms. The van der Waals surface area contributed by atoms with Crippen LogP contribution in [0.2, 0.25) is 0 Å². The molecule has 22 heavy (non-hydrogen) atoms. The maximum absolute atomic E-state index is 5.87. The molecule has 7 nitrogen and oxygen atoms in total. The normalized spacial score (nSPS) is 19.0. The first kappa shape index (κ1) is 13.6. The second kappa shape index (κ2) is 5.62. The number of ether oxygens (including phenoxy) is 1. The van der Waals surface area contributed by atoms with Crippen LogP contribution in [-0.4, -0.2) is 44.3 Å². The van der Waals surface area contributed by atoms with Crippen molar-refractivity contribution in [2.45, 2.75) is 19.4 Å². The summed E-state index contributed by atoms with van der Waals surface area (Å²) in [6, 6.07) is 2.09. The molecule has 0 aliphatic carbocycles. The summed E-state index contributed by atoms with van der Waals surface area (Å²) in [5.41, 5.74) is 1.02. The molecule has 0 amide bonds. The Morgan fingerprint density at radius 3 is 3.18 bits per heavy atom. The van der Waals surface area contributed by atoms with Crippen molar-refractivity contribution in [1.29, 1.82) is 0 Å². The van der Waals surface area contributed by atoms with Crippen molar-refractivity contribution in [2.24, 2.45) is 0 Å². The number of nitrogens with zero attached hydrogens (tertiary/aromatic N) is 6. The molecule has 0 radical (unpaired) electrons. The molecule has 3 aromatic heterocycles. The van der Waals surface area contributed by atoms with Crippen molar-refractivity contribution in [3.63, 3.8) is 0 Å². The smallest absolute Gasteiger partial charge is 0.254 e. The highest BCUT2D eigenvalue weighted by Crippen LogP contribution is 2.27. The lowest BCUT2D eigenvalue weighted by Crippen LogP contribution is -2.39. The van der Waals surface area contributed by atoms with Crippen LogP contribution in [0.25, 0.3) is 5.78 Å². The number of fused-ring (bicyclic) bond motifs is 1. The second-order valence-electron chi connectivity index (χ2n) is 5.11. The Kier molecular flexibility index (Phi) is 3.47. The van der Waals surface area contributed by atoms with Gasteiger partial charge in [0.1, 0.15) is 23.3 Å². The molecule has 1 atom stereocenters. The molecule has 0 bridgehead atoms. The molecular formula is C14H16N6OS. The van der Waals surface area contributed by atoms with E-state index in [4.69, 9.17) is 4.74 Å². The minimum atomic E-state index is 0.00515. The van der Waals surface area contributed by atoms with Crippen molar-refractivity contribution in [3.8, 4) is 0 Å². The van der Waals surface area contributed by atoms with Crippen molar-refractivity contribution in [2.75, 3.05) is 24.6 Å². The molecule has 1 fully saturated rings. The molecule has 1 saturated heterocycles. The van der Waals surface area contributed by atoms with Crippen LogP contribution in [0.5, 0.6) is 0 Å². The third-order valence-corrected chi connectivity index (χ3v) is 4.63. The van der Waals surface area contributed by atoms with E-state index in [1.54, 1.807) is 22.2 Å². The van der Waals surface area contributed by atoms with Gasteiger partial charge >= 0.3 is 0 Å². The van der Waals surface area contributed by atoms with Crippen molar-refractivity contribution >= 4 is 22.9 Å². The molecule has 4 heterocycles. The van der Waals surface area contributed by atoms with Crippen LogP contribution in [0.4, 0.5) is 5.82 Å². The lowest BCUT2D eigenvalue weighted by molar-refractivity contribution is 0.0392. The van der Waals surface area contributed by atoms with Gasteiger partial charge in [-0.25, -0.2) is 9.97 Å². The predicted molar refractivity (Wildman–Crippen MR) is 83.2 cm³/mol. The number of hydrogen-bond acceptors (Lipinski definition) is 7. The van der Waals surface area contributed by atoms with Gasteiger partial charge in [0.25, 0.3) is 5.78 Å². The number of rotatable bonds is 3. The molecule has 3 aromatic rings. The summed E-state index contributed by atoms with van der Waals surface area (Å²) in [5.74, 6) is 1.66. The third kappa shape index (κ3) is 2.34. The van der Waals surface area contributed by atoms with E-state index in [9.17, 15) is 0 Å². The van der Waals surface area contributed by atoms with Gasteiger partial charge in [0.05, 0.1) is 13.2 Å². The average molecular weight is 316 g/mol. The molecular weight excluding hydrogens is 300 g/mol. The van der Waals surface area contributed by atoms with Gasteiger partial charge in [0.2, 0.25) is 0 Å². The lowest BCUT2D eigenvalue weighted by atomic mass is 10.2. The van der Waals surface area contributed by atoms with Gasteiger partial charge in [-0.1, -0.05) is 6.92 Å². The summed E-state index contributed by atoms with van der Waals surface area (Å²) in [4.78, 5) is 15.4. The Morgan fingerprint density at radius 2 is 2.36 bits per heavy atom. The minimum absolute atomic E-state index is 0.00515. The minimum Gasteiger partial charge on any atom is -0.367 e. The molecule has 0 N–H and O–H groups in total. The summed E-state index contributed by atoms with van der Waals surface area (Å²) in [5, 5.41) is 7.30. The van der Waals surface area contributed by atoms with E-state index >= 15 is 0 Å². The number of aromatic nitrogens is 5. The molecule has 1 aliphatic heterocycles. The average Bonchev–Trinajstić information content (AvgIpc) is 3.25. The van der Waals surface area contributed by atoms with E-state index in [-0.39, 0.29) is 6.10 Å². The predicted octanol–water partition coefficient (Wildman–Crippen LogP) is 1.72. The van der Waals surface area contributed by atoms with E-state index in [0.717, 1.165) is 36.0 Å². The van der Waals surface area contributed by atoms with Crippen molar-refractivity contribution < 1.29 is 4.74 Å². The van der Waals surface area contributed by atoms with Gasteiger partial charge in [-0.3, -0.25) is 0 Å². The zero-order valence-corrected chi connectivity index (χ0v) is 13.0. The Balaban J connectivity index is 1.70. The molecule has 0 saturated carbocycles. The van der Waals surface area contributed by atoms with Crippen LogP contribution in [0.3, 0.4) is 0 Å². The highest BCUT2D eigenvalue weighted by atomic mass is 32.1. The van der Waals surface area contributed by atoms with Gasteiger partial charge in [-0.05, 0) is 6.42 Å². The summed E-state index contributed by atoms with van der Waals surface area (Å²) in [6.45, 7) is 4.35. The fourth-order valence-corrected chi connectivity index (χ4v) is 3.33. The molecule has 8 heteroatoms. The van der Waals surface area contributed by atoms with Gasteiger partial charge in [-0.2, -0.15) is 14.6 Å². The monoisotopic (exact) mass is 316 g/mol. The van der Waals surface area contributed by atoms with E-state index < -0.39 is 0 Å². The lowest BCUT2D eigenvalue weighted by Gasteiger charge is -2.33. The molecule has 114 valence electrons. The Labute approximate surface area is 131 Å². The van der Waals surface area contributed by atoms with Crippen molar-refractivity contribution in [1.82, 2.24) is 24.6 Å². The van der Waals surface area contributed by atoms with E-state index in [2.05, 4.69) is 37.9 Å². The highest BCUT2D eigenvalue weighted by Gasteiger charge is 2.26. The van der Waals surface area contributed by atoms with Crippen molar-refractivity contribution in [3.05, 3.63) is 34.7 Å². The van der Waals surface area contributed by atoms with Crippen LogP contribution in [0, 0.1) is 0 Å². The molecule has 0 aromatic carbocycles. The summed E-state index contributed by atoms with van der Waals surface area (Å²) in [6.07, 6.45) is 4.24. The Bertz CT molecular complexity index is 771. The maximum Gasteiger partial charge on any atom is 0.254 e. The van der Waals surface area contributed by atoms with Crippen LogP contribution < -0.4 is 4.90 Å². The topological polar surface area (TPSA) is 68.4 Å². The fraction of sp³-hybridized carbons (Fsp3) is 0.429. The summed E-state index contributed by atoms with van der Waals surface area (Å²) >= 11 is 1.63. The standard InChI is InChI=1S/C14H16N6OS/c1-2-10-7-12(20-14(18-10)16-9-17-20)19-4-5-21-11(8-19)13-15-3-6-22-13/h3,6-7,9,11H,2,4-5,8H2,1H3/t11-/m1/s1. The van der Waals surface area contributed by atoms with Gasteiger partial charge in [-0.15, -0.1) is 11.3 Å². The largest absolute Gasteiger partial charge is 0.367 e. The van der Waals surface area contributed by atoms with Gasteiger partial charge < -0.3 is 9.64 Å². The highest BCUT2D eigenvalue weighted by molar-refractivity contribution is 7.09. The SMILES string of the molecule is CCc1cc(N2CCO[C@@H](c3nccs3)C2)n2ncnc2n1. The third-order valence-electron chi connectivity index (χ3n) is 3.77. The van der Waals surface area contributed by atoms with E-state index in [1.165, 1.54) is 0 Å². The first-order chi connectivity index (χ1) is 10.8. The quantitative estimate of drug-likeness (QED) is 0.733. The van der Waals surface area contributed by atoms with Crippen LogP contribution in [0.15, 0.2) is 24.0 Å². The van der Waals surface area contributed by atoms with E-state index in [0.29, 0.717) is 12.4 Å². The molecule has 1 aliphatic rings. The van der Waals surface area contributed by atoms with Gasteiger partial charge in [0.15, 0.2) is 0 Å². The first-order valence-electron chi connectivity index (χ1n) is 7.30. The number of morpholine rings is 1.